The summed E-state index contributed by atoms with van der Waals surface area (Å²) in [5.74, 6) is 0.200. The molecule has 0 aromatic heterocycles. The first-order valence-electron chi connectivity index (χ1n) is 10.3. The van der Waals surface area contributed by atoms with Gasteiger partial charge in [-0.1, -0.05) is 48.0 Å². The molecule has 0 atom stereocenters. The number of aryl methyl sites for hydroxylation is 1. The molecule has 2 aromatic rings. The van der Waals surface area contributed by atoms with Crippen molar-refractivity contribution in [2.24, 2.45) is 5.41 Å². The second-order valence-corrected chi connectivity index (χ2v) is 8.42. The van der Waals surface area contributed by atoms with Gasteiger partial charge in [0.25, 0.3) is 5.91 Å². The molecule has 2 saturated heterocycles. The molecule has 2 aromatic carbocycles. The normalized spacial score (nSPS) is 20.0. The molecule has 0 bridgehead atoms. The van der Waals surface area contributed by atoms with E-state index in [9.17, 15) is 4.79 Å². The zero-order chi connectivity index (χ0) is 18.7. The fraction of sp³-hybridized carbons (Fsp3) is 0.458. The number of carbonyl (C=O) groups excluding carboxylic acids is 1. The van der Waals surface area contributed by atoms with Crippen molar-refractivity contribution in [1.82, 2.24) is 9.80 Å². The highest BCUT2D eigenvalue weighted by atomic mass is 16.2. The summed E-state index contributed by atoms with van der Waals surface area (Å²) in [4.78, 5) is 17.4. The van der Waals surface area contributed by atoms with E-state index in [0.717, 1.165) is 38.0 Å². The molecule has 3 nitrogen and oxygen atoms in total. The smallest absolute Gasteiger partial charge is 0.253 e. The Labute approximate surface area is 163 Å². The summed E-state index contributed by atoms with van der Waals surface area (Å²) < 4.78 is 0. The lowest BCUT2D eigenvalue weighted by atomic mass is 9.71. The van der Waals surface area contributed by atoms with Crippen LogP contribution in [0.15, 0.2) is 54.6 Å². The van der Waals surface area contributed by atoms with Gasteiger partial charge in [-0.05, 0) is 68.8 Å². The Hall–Kier alpha value is -2.13. The highest BCUT2D eigenvalue weighted by molar-refractivity contribution is 5.94. The van der Waals surface area contributed by atoms with Gasteiger partial charge in [0.05, 0.1) is 0 Å². The lowest BCUT2D eigenvalue weighted by Gasteiger charge is -2.47. The predicted molar refractivity (Wildman–Crippen MR) is 110 cm³/mol. The second-order valence-electron chi connectivity index (χ2n) is 8.42. The predicted octanol–water partition coefficient (Wildman–Crippen LogP) is 4.51. The number of hydrogen-bond donors (Lipinski definition) is 0. The van der Waals surface area contributed by atoms with Crippen molar-refractivity contribution >= 4 is 5.91 Å². The SMILES string of the molecule is Cc1ccc(C(=O)N2CCC3(CCN(Cc4ccccc4)CC3)CC2)cc1. The van der Waals surface area contributed by atoms with E-state index < -0.39 is 0 Å². The van der Waals surface area contributed by atoms with Crippen LogP contribution in [0.1, 0.15) is 47.2 Å². The Morgan fingerprint density at radius 3 is 2.07 bits per heavy atom. The van der Waals surface area contributed by atoms with Crippen LogP contribution < -0.4 is 0 Å². The van der Waals surface area contributed by atoms with Crippen LogP contribution in [0, 0.1) is 12.3 Å². The Kier molecular flexibility index (Phi) is 5.31. The van der Waals surface area contributed by atoms with Crippen molar-refractivity contribution in [3.63, 3.8) is 0 Å². The lowest BCUT2D eigenvalue weighted by Crippen LogP contribution is -2.48. The van der Waals surface area contributed by atoms with E-state index >= 15 is 0 Å². The van der Waals surface area contributed by atoms with Crippen molar-refractivity contribution in [3.8, 4) is 0 Å². The van der Waals surface area contributed by atoms with Crippen molar-refractivity contribution in [3.05, 3.63) is 71.3 Å². The molecule has 0 aliphatic carbocycles. The molecule has 27 heavy (non-hydrogen) atoms. The van der Waals surface area contributed by atoms with E-state index in [4.69, 9.17) is 0 Å². The standard InChI is InChI=1S/C24H30N2O/c1-20-7-9-22(10-8-20)23(27)26-17-13-24(14-18-26)11-15-25(16-12-24)19-21-5-3-2-4-6-21/h2-10H,11-19H2,1H3. The molecule has 2 aliphatic heterocycles. The van der Waals surface area contributed by atoms with E-state index in [1.54, 1.807) is 0 Å². The van der Waals surface area contributed by atoms with Gasteiger partial charge in [0.15, 0.2) is 0 Å². The first kappa shape index (κ1) is 18.2. The highest BCUT2D eigenvalue weighted by Crippen LogP contribution is 2.41. The zero-order valence-corrected chi connectivity index (χ0v) is 16.4. The maximum Gasteiger partial charge on any atom is 0.253 e. The average Bonchev–Trinajstić information content (AvgIpc) is 2.71. The van der Waals surface area contributed by atoms with Gasteiger partial charge in [-0.3, -0.25) is 9.69 Å². The van der Waals surface area contributed by atoms with Gasteiger partial charge in [0.2, 0.25) is 0 Å². The number of piperidine rings is 2. The third-order valence-corrected chi connectivity index (χ3v) is 6.58. The first-order chi connectivity index (χ1) is 13.1. The summed E-state index contributed by atoms with van der Waals surface area (Å²) >= 11 is 0. The topological polar surface area (TPSA) is 23.6 Å². The van der Waals surface area contributed by atoms with Crippen LogP contribution in [-0.2, 0) is 6.54 Å². The van der Waals surface area contributed by atoms with Crippen LogP contribution >= 0.6 is 0 Å². The maximum absolute atomic E-state index is 12.8. The Morgan fingerprint density at radius 2 is 1.44 bits per heavy atom. The number of likely N-dealkylation sites (tertiary alicyclic amines) is 2. The molecule has 0 saturated carbocycles. The number of benzene rings is 2. The Balaban J connectivity index is 1.29. The number of nitrogens with zero attached hydrogens (tertiary/aromatic N) is 2. The number of rotatable bonds is 3. The fourth-order valence-corrected chi connectivity index (χ4v) is 4.59. The first-order valence-corrected chi connectivity index (χ1v) is 10.3. The van der Waals surface area contributed by atoms with Crippen LogP contribution in [0.5, 0.6) is 0 Å². The quantitative estimate of drug-likeness (QED) is 0.802. The Bertz CT molecular complexity index is 751. The van der Waals surface area contributed by atoms with Crippen molar-refractivity contribution < 1.29 is 4.79 Å². The third kappa shape index (κ3) is 4.24. The van der Waals surface area contributed by atoms with E-state index in [0.29, 0.717) is 5.41 Å². The van der Waals surface area contributed by atoms with Gasteiger partial charge >= 0.3 is 0 Å². The molecule has 2 aliphatic rings. The minimum absolute atomic E-state index is 0.200. The van der Waals surface area contributed by atoms with Crippen molar-refractivity contribution in [2.75, 3.05) is 26.2 Å². The van der Waals surface area contributed by atoms with Gasteiger partial charge in [-0.25, -0.2) is 0 Å². The van der Waals surface area contributed by atoms with E-state index in [1.165, 1.54) is 37.1 Å². The van der Waals surface area contributed by atoms with E-state index in [2.05, 4.69) is 47.1 Å². The molecule has 0 unspecified atom stereocenters. The molecular formula is C24H30N2O. The molecule has 1 amide bonds. The average molecular weight is 363 g/mol. The van der Waals surface area contributed by atoms with Crippen LogP contribution in [0.2, 0.25) is 0 Å². The van der Waals surface area contributed by atoms with Gasteiger partial charge in [0.1, 0.15) is 0 Å². The van der Waals surface area contributed by atoms with E-state index in [1.807, 2.05) is 24.3 Å². The van der Waals surface area contributed by atoms with Gasteiger partial charge < -0.3 is 4.90 Å². The summed E-state index contributed by atoms with van der Waals surface area (Å²) in [6.45, 7) is 7.30. The monoisotopic (exact) mass is 362 g/mol. The number of hydrogen-bond acceptors (Lipinski definition) is 2. The molecule has 142 valence electrons. The third-order valence-electron chi connectivity index (χ3n) is 6.58. The molecule has 2 fully saturated rings. The van der Waals surface area contributed by atoms with Crippen molar-refractivity contribution in [2.45, 2.75) is 39.2 Å². The summed E-state index contributed by atoms with van der Waals surface area (Å²) in [7, 11) is 0. The fourth-order valence-electron chi connectivity index (χ4n) is 4.59. The maximum atomic E-state index is 12.8. The number of amides is 1. The summed E-state index contributed by atoms with van der Waals surface area (Å²) in [6, 6.07) is 18.8. The van der Waals surface area contributed by atoms with E-state index in [-0.39, 0.29) is 5.91 Å². The minimum atomic E-state index is 0.200. The summed E-state index contributed by atoms with van der Waals surface area (Å²) in [6.07, 6.45) is 4.85. The molecule has 0 N–H and O–H groups in total. The van der Waals surface area contributed by atoms with Gasteiger partial charge in [0, 0.05) is 25.2 Å². The highest BCUT2D eigenvalue weighted by Gasteiger charge is 2.38. The summed E-state index contributed by atoms with van der Waals surface area (Å²) in [5.41, 5.74) is 3.89. The van der Waals surface area contributed by atoms with Crippen LogP contribution in [0.4, 0.5) is 0 Å². The zero-order valence-electron chi connectivity index (χ0n) is 16.4. The molecule has 1 spiro atoms. The Morgan fingerprint density at radius 1 is 0.852 bits per heavy atom. The molecule has 3 heteroatoms. The van der Waals surface area contributed by atoms with Gasteiger partial charge in [-0.2, -0.15) is 0 Å². The molecule has 0 radical (unpaired) electrons. The van der Waals surface area contributed by atoms with Crippen LogP contribution in [0.3, 0.4) is 0 Å². The molecular weight excluding hydrogens is 332 g/mol. The minimum Gasteiger partial charge on any atom is -0.339 e. The largest absolute Gasteiger partial charge is 0.339 e. The second kappa shape index (κ2) is 7.85. The van der Waals surface area contributed by atoms with Gasteiger partial charge in [-0.15, -0.1) is 0 Å². The van der Waals surface area contributed by atoms with Crippen LogP contribution in [-0.4, -0.2) is 41.9 Å². The number of carbonyl (C=O) groups is 1. The van der Waals surface area contributed by atoms with Crippen molar-refractivity contribution in [1.29, 1.82) is 0 Å². The summed E-state index contributed by atoms with van der Waals surface area (Å²) in [5, 5.41) is 0. The molecule has 4 rings (SSSR count). The lowest BCUT2D eigenvalue weighted by molar-refractivity contribution is 0.0285. The van der Waals surface area contributed by atoms with Crippen LogP contribution in [0.25, 0.3) is 0 Å². The molecule has 2 heterocycles.